The molecule has 6 heteroatoms. The number of nitrogens with one attached hydrogen (secondary N) is 1. The van der Waals surface area contributed by atoms with Crippen LogP contribution >= 0.6 is 15.9 Å². The molecule has 0 radical (unpaired) electrons. The third-order valence-electron chi connectivity index (χ3n) is 4.32. The van der Waals surface area contributed by atoms with Gasteiger partial charge in [0.15, 0.2) is 0 Å². The number of amides is 1. The van der Waals surface area contributed by atoms with Gasteiger partial charge in [0.1, 0.15) is 18.1 Å². The summed E-state index contributed by atoms with van der Waals surface area (Å²) in [4.78, 5) is 12.6. The molecular formula is C22H26BrNO4. The van der Waals surface area contributed by atoms with Gasteiger partial charge in [0.2, 0.25) is 0 Å². The number of carbonyl (C=O) groups excluding carboxylic acids is 1. The molecule has 1 saturated heterocycles. The van der Waals surface area contributed by atoms with Crippen LogP contribution in [0.5, 0.6) is 11.5 Å². The Labute approximate surface area is 174 Å². The Morgan fingerprint density at radius 1 is 1.25 bits per heavy atom. The summed E-state index contributed by atoms with van der Waals surface area (Å²) in [6.45, 7) is 6.15. The molecule has 2 aromatic rings. The van der Waals surface area contributed by atoms with Crippen molar-refractivity contribution in [1.82, 2.24) is 0 Å². The fraction of sp³-hybridized carbons (Fsp3) is 0.409. The zero-order valence-corrected chi connectivity index (χ0v) is 17.8. The molecule has 0 saturated carbocycles. The van der Waals surface area contributed by atoms with E-state index in [1.54, 1.807) is 12.1 Å². The molecule has 1 N–H and O–H groups in total. The van der Waals surface area contributed by atoms with Gasteiger partial charge in [0.05, 0.1) is 17.2 Å². The minimum Gasteiger partial charge on any atom is -0.492 e. The predicted octanol–water partition coefficient (Wildman–Crippen LogP) is 5.29. The van der Waals surface area contributed by atoms with Crippen molar-refractivity contribution in [1.29, 1.82) is 0 Å². The van der Waals surface area contributed by atoms with Crippen LogP contribution in [0.1, 0.15) is 37.0 Å². The van der Waals surface area contributed by atoms with Crippen LogP contribution in [-0.4, -0.2) is 31.8 Å². The molecule has 1 fully saturated rings. The Morgan fingerprint density at radius 2 is 2.11 bits per heavy atom. The minimum atomic E-state index is -0.188. The third-order valence-corrected chi connectivity index (χ3v) is 4.94. The van der Waals surface area contributed by atoms with Gasteiger partial charge in [-0.25, -0.2) is 0 Å². The van der Waals surface area contributed by atoms with E-state index in [9.17, 15) is 4.79 Å². The first kappa shape index (κ1) is 20.7. The van der Waals surface area contributed by atoms with Crippen LogP contribution < -0.4 is 14.8 Å². The lowest BCUT2D eigenvalue weighted by Gasteiger charge is -2.13. The summed E-state index contributed by atoms with van der Waals surface area (Å²) >= 11 is 3.48. The lowest BCUT2D eigenvalue weighted by atomic mass is 10.2. The highest BCUT2D eigenvalue weighted by Crippen LogP contribution is 2.27. The number of ether oxygens (including phenoxy) is 3. The average Bonchev–Trinajstić information content (AvgIpc) is 3.19. The van der Waals surface area contributed by atoms with Crippen molar-refractivity contribution in [2.45, 2.75) is 32.8 Å². The van der Waals surface area contributed by atoms with Gasteiger partial charge in [-0.3, -0.25) is 4.79 Å². The molecule has 28 heavy (non-hydrogen) atoms. The number of halogens is 1. The van der Waals surface area contributed by atoms with Crippen molar-refractivity contribution < 1.29 is 19.0 Å². The number of rotatable bonds is 8. The number of carbonyl (C=O) groups is 1. The minimum absolute atomic E-state index is 0.159. The van der Waals surface area contributed by atoms with Crippen LogP contribution in [0.3, 0.4) is 0 Å². The van der Waals surface area contributed by atoms with Gasteiger partial charge < -0.3 is 19.5 Å². The molecule has 0 aliphatic carbocycles. The highest BCUT2D eigenvalue weighted by Gasteiger charge is 2.16. The molecule has 0 aromatic heterocycles. The Bertz CT molecular complexity index is 803. The van der Waals surface area contributed by atoms with Gasteiger partial charge >= 0.3 is 0 Å². The SMILES string of the molecule is CC(C)COc1ccc(C(=O)Nc2cccc(OCC3CCCO3)c2)cc1Br. The van der Waals surface area contributed by atoms with Gasteiger partial charge in [0.25, 0.3) is 5.91 Å². The van der Waals surface area contributed by atoms with Crippen molar-refractivity contribution in [3.63, 3.8) is 0 Å². The number of hydrogen-bond acceptors (Lipinski definition) is 4. The van der Waals surface area contributed by atoms with E-state index in [4.69, 9.17) is 14.2 Å². The molecule has 0 spiro atoms. The van der Waals surface area contributed by atoms with E-state index in [0.29, 0.717) is 36.1 Å². The van der Waals surface area contributed by atoms with Crippen molar-refractivity contribution in [2.75, 3.05) is 25.1 Å². The normalized spacial score (nSPS) is 16.2. The smallest absolute Gasteiger partial charge is 0.255 e. The molecule has 150 valence electrons. The maximum Gasteiger partial charge on any atom is 0.255 e. The van der Waals surface area contributed by atoms with E-state index >= 15 is 0 Å². The summed E-state index contributed by atoms with van der Waals surface area (Å²) in [5.41, 5.74) is 1.24. The fourth-order valence-corrected chi connectivity index (χ4v) is 3.34. The standard InChI is InChI=1S/C22H26BrNO4/c1-15(2)13-28-21-9-8-16(11-20(21)23)22(25)24-17-5-3-6-18(12-17)27-14-19-7-4-10-26-19/h3,5-6,8-9,11-12,15,19H,4,7,10,13-14H2,1-2H3,(H,24,25). The van der Waals surface area contributed by atoms with E-state index in [1.165, 1.54) is 0 Å². The van der Waals surface area contributed by atoms with Gasteiger partial charge in [-0.1, -0.05) is 19.9 Å². The van der Waals surface area contributed by atoms with Crippen LogP contribution in [0.15, 0.2) is 46.9 Å². The first-order valence-corrected chi connectivity index (χ1v) is 10.4. The molecule has 2 aromatic carbocycles. The monoisotopic (exact) mass is 447 g/mol. The average molecular weight is 448 g/mol. The van der Waals surface area contributed by atoms with Gasteiger partial charge in [0, 0.05) is 23.9 Å². The van der Waals surface area contributed by atoms with Crippen molar-refractivity contribution in [3.8, 4) is 11.5 Å². The lowest BCUT2D eigenvalue weighted by Crippen LogP contribution is -2.16. The molecule has 5 nitrogen and oxygen atoms in total. The molecule has 1 amide bonds. The number of benzene rings is 2. The van der Waals surface area contributed by atoms with Gasteiger partial charge in [-0.15, -0.1) is 0 Å². The quantitative estimate of drug-likeness (QED) is 0.596. The first-order chi connectivity index (χ1) is 13.5. The second kappa shape index (κ2) is 9.94. The molecule has 3 rings (SSSR count). The second-order valence-electron chi connectivity index (χ2n) is 7.28. The topological polar surface area (TPSA) is 56.8 Å². The number of hydrogen-bond donors (Lipinski definition) is 1. The molecular weight excluding hydrogens is 422 g/mol. The molecule has 0 bridgehead atoms. The maximum atomic E-state index is 12.6. The van der Waals surface area contributed by atoms with Crippen molar-refractivity contribution in [3.05, 3.63) is 52.5 Å². The Morgan fingerprint density at radius 3 is 2.82 bits per heavy atom. The van der Waals surface area contributed by atoms with E-state index in [0.717, 1.165) is 29.7 Å². The molecule has 1 aliphatic rings. The Balaban J connectivity index is 1.59. The zero-order valence-electron chi connectivity index (χ0n) is 16.2. The fourth-order valence-electron chi connectivity index (χ4n) is 2.85. The van der Waals surface area contributed by atoms with Crippen LogP contribution in [0.25, 0.3) is 0 Å². The summed E-state index contributed by atoms with van der Waals surface area (Å²) < 4.78 is 17.9. The van der Waals surface area contributed by atoms with Crippen molar-refractivity contribution in [2.24, 2.45) is 5.92 Å². The van der Waals surface area contributed by atoms with E-state index in [1.807, 2.05) is 30.3 Å². The van der Waals surface area contributed by atoms with Crippen LogP contribution in [0.4, 0.5) is 5.69 Å². The first-order valence-electron chi connectivity index (χ1n) is 9.59. The van der Waals surface area contributed by atoms with E-state index < -0.39 is 0 Å². The molecule has 1 aliphatic heterocycles. The van der Waals surface area contributed by atoms with E-state index in [2.05, 4.69) is 35.1 Å². The molecule has 1 unspecified atom stereocenters. The largest absolute Gasteiger partial charge is 0.492 e. The molecule has 1 heterocycles. The lowest BCUT2D eigenvalue weighted by molar-refractivity contribution is 0.0680. The summed E-state index contributed by atoms with van der Waals surface area (Å²) in [6, 6.07) is 12.7. The molecule has 1 atom stereocenters. The van der Waals surface area contributed by atoms with Crippen LogP contribution in [0.2, 0.25) is 0 Å². The van der Waals surface area contributed by atoms with Gasteiger partial charge in [-0.05, 0) is 65.0 Å². The van der Waals surface area contributed by atoms with E-state index in [-0.39, 0.29) is 12.0 Å². The Hall–Kier alpha value is -2.05. The second-order valence-corrected chi connectivity index (χ2v) is 8.13. The van der Waals surface area contributed by atoms with Crippen LogP contribution in [-0.2, 0) is 4.74 Å². The summed E-state index contributed by atoms with van der Waals surface area (Å²) in [6.07, 6.45) is 2.27. The Kier molecular flexibility index (Phi) is 7.34. The highest BCUT2D eigenvalue weighted by molar-refractivity contribution is 9.10. The van der Waals surface area contributed by atoms with Gasteiger partial charge in [-0.2, -0.15) is 0 Å². The zero-order chi connectivity index (χ0) is 19.9. The third kappa shape index (κ3) is 5.97. The highest BCUT2D eigenvalue weighted by atomic mass is 79.9. The number of anilines is 1. The van der Waals surface area contributed by atoms with Crippen molar-refractivity contribution >= 4 is 27.5 Å². The predicted molar refractivity (Wildman–Crippen MR) is 113 cm³/mol. The van der Waals surface area contributed by atoms with Crippen LogP contribution in [0, 0.1) is 5.92 Å². The maximum absolute atomic E-state index is 12.6. The summed E-state index contributed by atoms with van der Waals surface area (Å²) in [7, 11) is 0. The summed E-state index contributed by atoms with van der Waals surface area (Å²) in [5.74, 6) is 1.69. The summed E-state index contributed by atoms with van der Waals surface area (Å²) in [5, 5.41) is 2.91.